The van der Waals surface area contributed by atoms with Gasteiger partial charge < -0.3 is 26.6 Å². The highest BCUT2D eigenvalue weighted by Crippen LogP contribution is 2.32. The Morgan fingerprint density at radius 3 is 1.57 bits per heavy atom. The molecule has 0 heterocycles. The maximum atomic E-state index is 14.4. The van der Waals surface area contributed by atoms with Crippen LogP contribution in [0.1, 0.15) is 11.1 Å². The summed E-state index contributed by atoms with van der Waals surface area (Å²) in [6.45, 7) is 0.407. The molecule has 0 saturated carbocycles. The van der Waals surface area contributed by atoms with Crippen LogP contribution < -0.4 is 27.0 Å². The predicted molar refractivity (Wildman–Crippen MR) is 155 cm³/mol. The van der Waals surface area contributed by atoms with Gasteiger partial charge in [0.15, 0.2) is 11.6 Å². The number of rotatable bonds is 9. The van der Waals surface area contributed by atoms with Crippen molar-refractivity contribution in [3.8, 4) is 0 Å². The topological polar surface area (TPSA) is 192 Å². The molecule has 16 heteroatoms. The summed E-state index contributed by atoms with van der Waals surface area (Å²) in [6, 6.07) is 16.1. The van der Waals surface area contributed by atoms with Crippen molar-refractivity contribution in [1.82, 2.24) is 0 Å². The van der Waals surface area contributed by atoms with E-state index < -0.39 is 51.6 Å². The van der Waals surface area contributed by atoms with Crippen molar-refractivity contribution < 1.29 is 42.3 Å². The number of nitro groups is 1. The zero-order chi connectivity index (χ0) is 32.4. The van der Waals surface area contributed by atoms with E-state index in [4.69, 9.17) is 15.9 Å². The highest BCUT2D eigenvalue weighted by Gasteiger charge is 2.19. The largest absolute Gasteiger partial charge is 0.465 e. The minimum atomic E-state index is -1.54. The molecule has 0 radical (unpaired) electrons. The van der Waals surface area contributed by atoms with Gasteiger partial charge >= 0.3 is 12.2 Å². The average Bonchev–Trinajstić information content (AvgIpc) is 2.97. The second-order valence-electron chi connectivity index (χ2n) is 8.79. The van der Waals surface area contributed by atoms with Gasteiger partial charge in [-0.25, -0.2) is 27.2 Å². The van der Waals surface area contributed by atoms with Crippen LogP contribution in [-0.2, 0) is 13.1 Å². The van der Waals surface area contributed by atoms with Gasteiger partial charge in [0.05, 0.1) is 22.0 Å². The normalized spacial score (nSPS) is 10.2. The number of nitrogens with one attached hydrogen (secondary N) is 4. The molecule has 0 fully saturated rings. The van der Waals surface area contributed by atoms with E-state index in [1.807, 2.05) is 10.6 Å². The lowest BCUT2D eigenvalue weighted by Crippen LogP contribution is -2.15. The third-order valence-corrected chi connectivity index (χ3v) is 5.76. The van der Waals surface area contributed by atoms with Gasteiger partial charge in [0, 0.05) is 19.2 Å². The van der Waals surface area contributed by atoms with Crippen molar-refractivity contribution >= 4 is 46.3 Å². The molecule has 2 amide bonds. The monoisotopic (exact) mass is 616 g/mol. The third-order valence-electron chi connectivity index (χ3n) is 5.76. The molecule has 0 bridgehead atoms. The number of carboxylic acid groups (broad SMARTS) is 2. The molecule has 44 heavy (non-hydrogen) atoms. The SMILES string of the molecule is Nc1c([N+](=O)[O-])ccc(NCc2ccc(F)cc2)c1F.O=C(O)Nc1ccc(NCc2ccc(F)cc2)c(F)c1NC(=O)O. The molecule has 4 aromatic carbocycles. The summed E-state index contributed by atoms with van der Waals surface area (Å²) in [5, 5.41) is 37.3. The summed E-state index contributed by atoms with van der Waals surface area (Å²) in [6.07, 6.45) is -3.01. The number of hydrogen-bond donors (Lipinski definition) is 7. The van der Waals surface area contributed by atoms with E-state index in [-0.39, 0.29) is 36.0 Å². The van der Waals surface area contributed by atoms with Crippen molar-refractivity contribution in [3.63, 3.8) is 0 Å². The average molecular weight is 617 g/mol. The summed E-state index contributed by atoms with van der Waals surface area (Å²) in [5.41, 5.74) is 5.04. The number of amides is 2. The van der Waals surface area contributed by atoms with Gasteiger partial charge in [-0.1, -0.05) is 24.3 Å². The van der Waals surface area contributed by atoms with Crippen LogP contribution in [0.25, 0.3) is 0 Å². The lowest BCUT2D eigenvalue weighted by atomic mass is 10.2. The van der Waals surface area contributed by atoms with Crippen molar-refractivity contribution in [3.05, 3.63) is 117 Å². The zero-order valence-electron chi connectivity index (χ0n) is 22.4. The molecule has 4 rings (SSSR count). The van der Waals surface area contributed by atoms with Crippen molar-refractivity contribution in [2.45, 2.75) is 13.1 Å². The van der Waals surface area contributed by atoms with Crippen LogP contribution in [-0.4, -0.2) is 27.3 Å². The van der Waals surface area contributed by atoms with Crippen LogP contribution in [0.5, 0.6) is 0 Å². The Morgan fingerprint density at radius 2 is 1.11 bits per heavy atom. The number of nitrogens with zero attached hydrogens (tertiary/aromatic N) is 1. The fraction of sp³-hybridized carbons (Fsp3) is 0.0714. The molecule has 4 aromatic rings. The summed E-state index contributed by atoms with van der Waals surface area (Å²) in [7, 11) is 0. The number of nitrogen functional groups attached to an aromatic ring is 1. The second kappa shape index (κ2) is 14.7. The lowest BCUT2D eigenvalue weighted by Gasteiger charge is -2.14. The number of halogens is 4. The Bertz CT molecular complexity index is 1660. The molecule has 0 aliphatic carbocycles. The lowest BCUT2D eigenvalue weighted by molar-refractivity contribution is -0.384. The first kappa shape index (κ1) is 32.5. The molecule has 0 aliphatic heterocycles. The van der Waals surface area contributed by atoms with Gasteiger partial charge in [-0.15, -0.1) is 0 Å². The number of benzene rings is 4. The summed E-state index contributed by atoms with van der Waals surface area (Å²) in [4.78, 5) is 31.3. The molecule has 0 unspecified atom stereocenters. The zero-order valence-corrected chi connectivity index (χ0v) is 22.4. The highest BCUT2D eigenvalue weighted by atomic mass is 19.1. The Hall–Kier alpha value is -6.06. The molecule has 8 N–H and O–H groups in total. The van der Waals surface area contributed by atoms with Crippen molar-refractivity contribution in [2.75, 3.05) is 27.0 Å². The highest BCUT2D eigenvalue weighted by molar-refractivity contribution is 5.95. The second-order valence-corrected chi connectivity index (χ2v) is 8.79. The van der Waals surface area contributed by atoms with E-state index >= 15 is 0 Å². The van der Waals surface area contributed by atoms with E-state index in [0.29, 0.717) is 5.56 Å². The Kier molecular flexibility index (Phi) is 10.9. The minimum absolute atomic E-state index is 0.0426. The van der Waals surface area contributed by atoms with Gasteiger partial charge in [0.25, 0.3) is 5.69 Å². The number of hydrogen-bond acceptors (Lipinski definition) is 7. The Labute approximate surface area is 246 Å². The van der Waals surface area contributed by atoms with Gasteiger partial charge in [-0.05, 0) is 53.6 Å². The summed E-state index contributed by atoms with van der Waals surface area (Å²) >= 11 is 0. The fourth-order valence-corrected chi connectivity index (χ4v) is 3.64. The van der Waals surface area contributed by atoms with Crippen LogP contribution in [0.2, 0.25) is 0 Å². The smallest absolute Gasteiger partial charge is 0.409 e. The van der Waals surface area contributed by atoms with Gasteiger partial charge in [0.2, 0.25) is 0 Å². The molecular weight excluding hydrogens is 592 g/mol. The maximum Gasteiger partial charge on any atom is 0.409 e. The molecule has 0 aromatic heterocycles. The van der Waals surface area contributed by atoms with Crippen molar-refractivity contribution in [1.29, 1.82) is 0 Å². The first-order chi connectivity index (χ1) is 20.8. The van der Waals surface area contributed by atoms with Gasteiger partial charge in [0.1, 0.15) is 23.0 Å². The Morgan fingerprint density at radius 1 is 0.682 bits per heavy atom. The number of nitro benzene ring substituents is 1. The van der Waals surface area contributed by atoms with Gasteiger partial charge in [-0.3, -0.25) is 20.7 Å². The van der Waals surface area contributed by atoms with E-state index in [9.17, 15) is 37.3 Å². The molecule has 230 valence electrons. The molecular formula is C28H24F4N6O6. The van der Waals surface area contributed by atoms with Crippen LogP contribution >= 0.6 is 0 Å². The van der Waals surface area contributed by atoms with Crippen LogP contribution in [0, 0.1) is 33.4 Å². The molecule has 0 atom stereocenters. The molecule has 0 saturated heterocycles. The minimum Gasteiger partial charge on any atom is -0.465 e. The number of nitrogens with two attached hydrogens (primary N) is 1. The molecule has 0 aliphatic rings. The van der Waals surface area contributed by atoms with Crippen LogP contribution in [0.15, 0.2) is 72.8 Å². The number of carbonyl (C=O) groups is 2. The maximum absolute atomic E-state index is 14.4. The van der Waals surface area contributed by atoms with E-state index in [1.165, 1.54) is 54.6 Å². The van der Waals surface area contributed by atoms with E-state index in [0.717, 1.165) is 11.6 Å². The predicted octanol–water partition coefficient (Wildman–Crippen LogP) is 6.82. The van der Waals surface area contributed by atoms with Crippen LogP contribution in [0.3, 0.4) is 0 Å². The molecule has 0 spiro atoms. The quantitative estimate of drug-likeness (QED) is 0.0457. The summed E-state index contributed by atoms with van der Waals surface area (Å²) in [5.74, 6) is -2.60. The fourth-order valence-electron chi connectivity index (χ4n) is 3.64. The first-order valence-corrected chi connectivity index (χ1v) is 12.4. The standard InChI is InChI=1S/C15H13F2N3O4.C13H11F2N3O2/c16-9-3-1-8(2-4-9)7-18-10-5-6-11(19-14(21)22)13(12(10)17)20-15(23)24;14-9-3-1-8(2-4-9)7-17-10-5-6-11(18(19)20)13(16)12(10)15/h1-6,18-20H,7H2,(H,21,22)(H,23,24);1-6,17H,7,16H2. The molecule has 12 nitrogen and oxygen atoms in total. The van der Waals surface area contributed by atoms with E-state index in [1.54, 1.807) is 12.1 Å². The Balaban J connectivity index is 0.000000244. The summed E-state index contributed by atoms with van der Waals surface area (Å²) < 4.78 is 53.8. The van der Waals surface area contributed by atoms with Crippen molar-refractivity contribution in [2.24, 2.45) is 0 Å². The number of anilines is 5. The van der Waals surface area contributed by atoms with Gasteiger partial charge in [-0.2, -0.15) is 0 Å². The van der Waals surface area contributed by atoms with E-state index in [2.05, 4.69) is 10.6 Å². The first-order valence-electron chi connectivity index (χ1n) is 12.4. The third kappa shape index (κ3) is 8.97. The van der Waals surface area contributed by atoms with Crippen LogP contribution in [0.4, 0.5) is 61.3 Å².